The van der Waals surface area contributed by atoms with E-state index in [4.69, 9.17) is 13.6 Å². The number of fused-ring (bicyclic) bond motifs is 2. The third-order valence-electron chi connectivity index (χ3n) is 8.42. The zero-order chi connectivity index (χ0) is 31.0. The first-order chi connectivity index (χ1) is 18.7. The number of hydrogen-bond acceptors (Lipinski definition) is 3. The van der Waals surface area contributed by atoms with Gasteiger partial charge in [0.05, 0.1) is 6.61 Å². The van der Waals surface area contributed by atoms with Gasteiger partial charge in [0.15, 0.2) is 0 Å². The van der Waals surface area contributed by atoms with Crippen molar-refractivity contribution in [2.75, 3.05) is 6.61 Å². The number of allylic oxidation sites excluding steroid dienone is 7. The fraction of sp³-hybridized carbons (Fsp3) is 0.730. The topological polar surface area (TPSA) is 27.7 Å². The van der Waals surface area contributed by atoms with Crippen molar-refractivity contribution >= 4 is 8.60 Å². The van der Waals surface area contributed by atoms with Crippen LogP contribution in [0.25, 0.3) is 0 Å². The summed E-state index contributed by atoms with van der Waals surface area (Å²) in [6.07, 6.45) is 13.9. The van der Waals surface area contributed by atoms with Gasteiger partial charge >= 0.3 is 8.60 Å². The molecule has 0 aromatic heterocycles. The average Bonchev–Trinajstić information content (AvgIpc) is 2.79. The quantitative estimate of drug-likeness (QED) is 0.220. The third kappa shape index (κ3) is 8.93. The molecule has 2 aliphatic carbocycles. The van der Waals surface area contributed by atoms with E-state index in [1.54, 1.807) is 0 Å². The van der Waals surface area contributed by atoms with Crippen LogP contribution >= 0.6 is 8.60 Å². The van der Waals surface area contributed by atoms with Crippen molar-refractivity contribution in [1.29, 1.82) is 0 Å². The van der Waals surface area contributed by atoms with Gasteiger partial charge in [-0.3, -0.25) is 4.52 Å². The Labute approximate surface area is 255 Å². The van der Waals surface area contributed by atoms with Crippen LogP contribution in [0, 0.1) is 27.6 Å². The molecular weight excluding hydrogens is 523 g/mol. The van der Waals surface area contributed by atoms with Gasteiger partial charge in [0.25, 0.3) is 0 Å². The van der Waals surface area contributed by atoms with Gasteiger partial charge < -0.3 is 9.05 Å². The smallest absolute Gasteiger partial charge is 0.397 e. The number of unbranched alkanes of at least 4 members (excludes halogenated alkanes) is 2. The van der Waals surface area contributed by atoms with Gasteiger partial charge in [0.2, 0.25) is 0 Å². The summed E-state index contributed by atoms with van der Waals surface area (Å²) in [5.41, 5.74) is 7.99. The second kappa shape index (κ2) is 12.8. The van der Waals surface area contributed by atoms with E-state index in [1.165, 1.54) is 52.7 Å². The Morgan fingerprint density at radius 3 is 1.98 bits per heavy atom. The molecule has 0 aromatic rings. The summed E-state index contributed by atoms with van der Waals surface area (Å²) in [4.78, 5) is 0. The molecule has 0 saturated heterocycles. The number of hydrogen-bond donors (Lipinski definition) is 0. The van der Waals surface area contributed by atoms with E-state index in [0.717, 1.165) is 30.9 Å². The predicted octanol–water partition coefficient (Wildman–Crippen LogP) is 12.2. The Bertz CT molecular complexity index is 1100. The summed E-state index contributed by atoms with van der Waals surface area (Å²) >= 11 is 0. The maximum absolute atomic E-state index is 7.00. The molecule has 0 saturated carbocycles. The molecular formula is C37H61O3P. The Hall–Kier alpha value is -1.15. The van der Waals surface area contributed by atoms with Gasteiger partial charge in [-0.2, -0.15) is 0 Å². The van der Waals surface area contributed by atoms with E-state index in [2.05, 4.69) is 115 Å². The first-order valence-corrected chi connectivity index (χ1v) is 17.2. The molecule has 1 heterocycles. The minimum atomic E-state index is -1.58. The van der Waals surface area contributed by atoms with Crippen LogP contribution in [0.5, 0.6) is 0 Å². The molecule has 0 bridgehead atoms. The first kappa shape index (κ1) is 34.3. The van der Waals surface area contributed by atoms with E-state index in [1.807, 2.05) is 0 Å². The fourth-order valence-corrected chi connectivity index (χ4v) is 7.07. The summed E-state index contributed by atoms with van der Waals surface area (Å²) in [6, 6.07) is 0. The van der Waals surface area contributed by atoms with Crippen LogP contribution in [0.1, 0.15) is 135 Å². The molecule has 3 aliphatic rings. The van der Waals surface area contributed by atoms with Crippen LogP contribution < -0.4 is 0 Å². The van der Waals surface area contributed by atoms with Gasteiger partial charge in [-0.05, 0) is 63.7 Å². The van der Waals surface area contributed by atoms with E-state index >= 15 is 0 Å². The molecule has 2 atom stereocenters. The van der Waals surface area contributed by atoms with Gasteiger partial charge in [-0.15, -0.1) is 0 Å². The van der Waals surface area contributed by atoms with Crippen LogP contribution in [0.3, 0.4) is 0 Å². The largest absolute Gasteiger partial charge is 0.430 e. The third-order valence-corrected chi connectivity index (χ3v) is 9.53. The molecule has 0 radical (unpaired) electrons. The fourth-order valence-electron chi connectivity index (χ4n) is 5.72. The molecule has 232 valence electrons. The van der Waals surface area contributed by atoms with Crippen molar-refractivity contribution in [3.05, 3.63) is 57.4 Å². The van der Waals surface area contributed by atoms with Crippen molar-refractivity contribution in [2.24, 2.45) is 27.6 Å². The highest BCUT2D eigenvalue weighted by atomic mass is 31.2. The van der Waals surface area contributed by atoms with E-state index < -0.39 is 8.60 Å². The lowest BCUT2D eigenvalue weighted by Crippen LogP contribution is -2.32. The second-order valence-electron chi connectivity index (χ2n) is 16.9. The normalized spacial score (nSPS) is 24.6. The summed E-state index contributed by atoms with van der Waals surface area (Å²) in [5.74, 6) is 1.75. The lowest BCUT2D eigenvalue weighted by atomic mass is 9.69. The number of rotatable bonds is 7. The summed E-state index contributed by atoms with van der Waals surface area (Å²) in [6.45, 7) is 32.9. The van der Waals surface area contributed by atoms with Crippen LogP contribution in [0.15, 0.2) is 57.4 Å². The monoisotopic (exact) mass is 584 g/mol. The average molecular weight is 585 g/mol. The molecule has 0 N–H and O–H groups in total. The minimum Gasteiger partial charge on any atom is -0.430 e. The zero-order valence-electron chi connectivity index (χ0n) is 29.0. The van der Waals surface area contributed by atoms with Crippen LogP contribution in [0.2, 0.25) is 0 Å². The van der Waals surface area contributed by atoms with Gasteiger partial charge in [-0.1, -0.05) is 140 Å². The van der Waals surface area contributed by atoms with Crippen LogP contribution in [-0.2, 0) is 13.6 Å². The maximum atomic E-state index is 7.00. The summed E-state index contributed by atoms with van der Waals surface area (Å²) in [5, 5.41) is 0. The molecule has 4 heteroatoms. The Balaban J connectivity index is 2.19. The van der Waals surface area contributed by atoms with Gasteiger partial charge in [0.1, 0.15) is 11.9 Å². The Kier molecular flexibility index (Phi) is 10.8. The molecule has 0 fully saturated rings. The highest BCUT2D eigenvalue weighted by molar-refractivity contribution is 7.41. The van der Waals surface area contributed by atoms with Crippen molar-refractivity contribution < 1.29 is 13.6 Å². The first-order valence-electron chi connectivity index (χ1n) is 16.1. The molecule has 0 spiro atoms. The summed E-state index contributed by atoms with van der Waals surface area (Å²) < 4.78 is 20.4. The van der Waals surface area contributed by atoms with E-state index in [9.17, 15) is 0 Å². The van der Waals surface area contributed by atoms with Gasteiger partial charge in [-0.25, -0.2) is 0 Å². The lowest BCUT2D eigenvalue weighted by molar-refractivity contribution is 0.137. The molecule has 0 aromatic carbocycles. The minimum absolute atomic E-state index is 0.0307. The molecule has 41 heavy (non-hydrogen) atoms. The van der Waals surface area contributed by atoms with Crippen molar-refractivity contribution in [3.63, 3.8) is 0 Å². The van der Waals surface area contributed by atoms with E-state index in [-0.39, 0.29) is 27.8 Å². The molecule has 1 aliphatic heterocycles. The van der Waals surface area contributed by atoms with Crippen LogP contribution in [-0.4, -0.2) is 12.7 Å². The van der Waals surface area contributed by atoms with Crippen molar-refractivity contribution in [3.8, 4) is 0 Å². The zero-order valence-corrected chi connectivity index (χ0v) is 29.9. The standard InChI is InChI=1S/C37H61O3P/c1-25(2)18-16-15-17-21-38-41-39-32-29(23-27(35(6,7)8)24-31(32)36(9,10)11)28-20-19-26(34(3,4)5)22-30(28)33(40-41)37(12,13)14/h22-25,32H,15-21H2,1-14H3/b29-28-,33-30?. The molecule has 3 rings (SSSR count). The maximum Gasteiger partial charge on any atom is 0.397 e. The second-order valence-corrected chi connectivity index (χ2v) is 18.0. The SMILES string of the molecule is CC(C)CCCCCOP1OC(C(C)(C)C)=C2C=C(C(C)(C)C)CC/C2=C2\C=C(C(C)(C)C)C=C(C(C)(C)C)C2O1. The molecule has 3 nitrogen and oxygen atoms in total. The Morgan fingerprint density at radius 1 is 0.780 bits per heavy atom. The van der Waals surface area contributed by atoms with Crippen LogP contribution in [0.4, 0.5) is 0 Å². The predicted molar refractivity (Wildman–Crippen MR) is 177 cm³/mol. The molecule has 2 unspecified atom stereocenters. The van der Waals surface area contributed by atoms with Crippen molar-refractivity contribution in [1.82, 2.24) is 0 Å². The molecule has 0 amide bonds. The Morgan fingerprint density at radius 2 is 1.44 bits per heavy atom. The highest BCUT2D eigenvalue weighted by Crippen LogP contribution is 2.57. The summed E-state index contributed by atoms with van der Waals surface area (Å²) in [7, 11) is -1.58. The van der Waals surface area contributed by atoms with Gasteiger partial charge in [0, 0.05) is 11.0 Å². The highest BCUT2D eigenvalue weighted by Gasteiger charge is 2.42. The van der Waals surface area contributed by atoms with E-state index in [0.29, 0.717) is 6.61 Å². The van der Waals surface area contributed by atoms with Crippen molar-refractivity contribution in [2.45, 2.75) is 142 Å². The lowest BCUT2D eigenvalue weighted by Gasteiger charge is -2.42.